The number of ketones is 1. The van der Waals surface area contributed by atoms with Crippen molar-refractivity contribution in [3.05, 3.63) is 53.1 Å². The normalized spacial score (nSPS) is 34.7. The van der Waals surface area contributed by atoms with Gasteiger partial charge in [0.05, 0.1) is 24.0 Å². The number of fused-ring (bicyclic) bond motifs is 1. The van der Waals surface area contributed by atoms with Crippen LogP contribution in [-0.4, -0.2) is 40.3 Å². The third-order valence-corrected chi connectivity index (χ3v) is 8.18. The van der Waals surface area contributed by atoms with Gasteiger partial charge in [-0.3, -0.25) is 9.59 Å². The molecule has 0 radical (unpaired) electrons. The first-order chi connectivity index (χ1) is 16.4. The lowest BCUT2D eigenvalue weighted by molar-refractivity contribution is -0.155. The fourth-order valence-corrected chi connectivity index (χ4v) is 5.63. The summed E-state index contributed by atoms with van der Waals surface area (Å²) >= 11 is 0. The van der Waals surface area contributed by atoms with Gasteiger partial charge in [0, 0.05) is 11.8 Å². The van der Waals surface area contributed by atoms with Crippen LogP contribution in [-0.2, 0) is 14.3 Å². The zero-order chi connectivity index (χ0) is 25.9. The van der Waals surface area contributed by atoms with E-state index >= 15 is 0 Å². The molecule has 1 heterocycles. The average molecular weight is 483 g/mol. The Morgan fingerprint density at radius 3 is 2.31 bits per heavy atom. The van der Waals surface area contributed by atoms with Gasteiger partial charge >= 0.3 is 5.97 Å². The van der Waals surface area contributed by atoms with Crippen LogP contribution in [0, 0.1) is 23.2 Å². The largest absolute Gasteiger partial charge is 0.457 e. The van der Waals surface area contributed by atoms with E-state index in [1.165, 1.54) is 11.1 Å². The van der Waals surface area contributed by atoms with Gasteiger partial charge in [-0.1, -0.05) is 69.7 Å². The molecule has 1 aliphatic heterocycles. The number of hydrogen-bond acceptors (Lipinski definition) is 5. The van der Waals surface area contributed by atoms with Crippen molar-refractivity contribution in [2.24, 2.45) is 23.2 Å². The van der Waals surface area contributed by atoms with Crippen LogP contribution in [0.25, 0.3) is 5.57 Å². The third-order valence-electron chi connectivity index (χ3n) is 8.18. The highest BCUT2D eigenvalue weighted by Gasteiger charge is 2.43. The van der Waals surface area contributed by atoms with Gasteiger partial charge < -0.3 is 14.9 Å². The van der Waals surface area contributed by atoms with Gasteiger partial charge in [0.25, 0.3) is 0 Å². The van der Waals surface area contributed by atoms with E-state index in [4.69, 9.17) is 4.74 Å². The zero-order valence-electron chi connectivity index (χ0n) is 22.1. The van der Waals surface area contributed by atoms with Crippen molar-refractivity contribution >= 4 is 17.3 Å². The van der Waals surface area contributed by atoms with E-state index in [1.54, 1.807) is 20.8 Å². The van der Waals surface area contributed by atoms with E-state index < -0.39 is 35.6 Å². The lowest BCUT2D eigenvalue weighted by atomic mass is 9.73. The number of ether oxygens (including phenoxy) is 1. The highest BCUT2D eigenvalue weighted by molar-refractivity contribution is 5.88. The summed E-state index contributed by atoms with van der Waals surface area (Å²) in [5, 5.41) is 21.7. The molecule has 0 bridgehead atoms. The van der Waals surface area contributed by atoms with E-state index in [-0.39, 0.29) is 24.0 Å². The lowest BCUT2D eigenvalue weighted by Crippen LogP contribution is -2.45. The SMILES string of the molecule is CC1=C(c2ccccc2)C[C@H]2/C=C(/C)CCC[C@H](C)[C@H](O)[C@@H](C)C(=O)C(C)(C)[C@@H](O)CC(=O)O[C@H]12. The molecule has 1 aliphatic carbocycles. The molecule has 192 valence electrons. The number of hydrogen-bond donors (Lipinski definition) is 2. The predicted molar refractivity (Wildman–Crippen MR) is 138 cm³/mol. The Labute approximate surface area is 210 Å². The Hall–Kier alpha value is -2.24. The molecule has 1 aromatic carbocycles. The summed E-state index contributed by atoms with van der Waals surface area (Å²) in [7, 11) is 0. The zero-order valence-corrected chi connectivity index (χ0v) is 22.1. The number of aliphatic hydroxyl groups excluding tert-OH is 2. The maximum Gasteiger partial charge on any atom is 0.309 e. The van der Waals surface area contributed by atoms with Crippen LogP contribution in [0.4, 0.5) is 0 Å². The molecule has 0 amide bonds. The summed E-state index contributed by atoms with van der Waals surface area (Å²) in [6.45, 7) is 11.1. The number of carbonyl (C=O) groups is 2. The van der Waals surface area contributed by atoms with Crippen molar-refractivity contribution in [2.75, 3.05) is 0 Å². The van der Waals surface area contributed by atoms with E-state index in [0.717, 1.165) is 36.8 Å². The number of esters is 1. The van der Waals surface area contributed by atoms with Crippen LogP contribution >= 0.6 is 0 Å². The van der Waals surface area contributed by atoms with Crippen LogP contribution in [0.2, 0.25) is 0 Å². The minimum absolute atomic E-state index is 0.0249. The first-order valence-electron chi connectivity index (χ1n) is 13.0. The summed E-state index contributed by atoms with van der Waals surface area (Å²) in [4.78, 5) is 26.2. The molecule has 0 spiro atoms. The standard InChI is InChI=1S/C30H42O5/c1-18-11-10-12-19(2)27(33)21(4)29(34)30(5,6)25(31)17-26(32)35-28-20(3)24(16-23(28)15-18)22-13-8-7-9-14-22/h7-9,13-15,19,21,23,25,27-28,31,33H,10-12,16-17H2,1-6H3/b18-15-/t19-,21+,23+,25-,27-,28+/m0/s1. The first-order valence-corrected chi connectivity index (χ1v) is 13.0. The van der Waals surface area contributed by atoms with Gasteiger partial charge in [-0.05, 0) is 62.2 Å². The van der Waals surface area contributed by atoms with Gasteiger partial charge in [0.15, 0.2) is 0 Å². The van der Waals surface area contributed by atoms with E-state index in [2.05, 4.69) is 25.1 Å². The molecule has 5 heteroatoms. The van der Waals surface area contributed by atoms with Crippen molar-refractivity contribution in [1.82, 2.24) is 0 Å². The number of Topliss-reactive ketones (excluding diaryl/α,β-unsaturated/α-hetero) is 1. The molecule has 0 unspecified atom stereocenters. The lowest BCUT2D eigenvalue weighted by Gasteiger charge is -2.34. The van der Waals surface area contributed by atoms with Gasteiger partial charge in [-0.25, -0.2) is 0 Å². The quantitative estimate of drug-likeness (QED) is 0.408. The molecular weight excluding hydrogens is 440 g/mol. The van der Waals surface area contributed by atoms with Crippen LogP contribution in [0.3, 0.4) is 0 Å². The number of allylic oxidation sites excluding steroid dienone is 2. The molecule has 2 aliphatic rings. The highest BCUT2D eigenvalue weighted by atomic mass is 16.5. The summed E-state index contributed by atoms with van der Waals surface area (Å²) in [5.41, 5.74) is 3.42. The molecule has 5 nitrogen and oxygen atoms in total. The molecule has 3 rings (SSSR count). The maximum absolute atomic E-state index is 13.2. The van der Waals surface area contributed by atoms with Crippen LogP contribution < -0.4 is 0 Å². The topological polar surface area (TPSA) is 83.8 Å². The van der Waals surface area contributed by atoms with Gasteiger partial charge in [0.2, 0.25) is 0 Å². The molecule has 6 atom stereocenters. The number of rotatable bonds is 1. The summed E-state index contributed by atoms with van der Waals surface area (Å²) in [6, 6.07) is 10.2. The van der Waals surface area contributed by atoms with Gasteiger partial charge in [0.1, 0.15) is 11.9 Å². The molecule has 2 N–H and O–H groups in total. The van der Waals surface area contributed by atoms with E-state index in [9.17, 15) is 19.8 Å². The van der Waals surface area contributed by atoms with Crippen molar-refractivity contribution in [3.63, 3.8) is 0 Å². The second-order valence-corrected chi connectivity index (χ2v) is 11.3. The number of carbonyl (C=O) groups excluding carboxylic acids is 2. The molecule has 0 saturated carbocycles. The molecule has 0 aromatic heterocycles. The fraction of sp³-hybridized carbons (Fsp3) is 0.600. The predicted octanol–water partition coefficient (Wildman–Crippen LogP) is 5.50. The van der Waals surface area contributed by atoms with Crippen molar-refractivity contribution in [1.29, 1.82) is 0 Å². The van der Waals surface area contributed by atoms with E-state index in [0.29, 0.717) is 0 Å². The number of aliphatic hydroxyl groups is 2. The molecule has 0 saturated heterocycles. The Kier molecular flexibility index (Phi) is 8.76. The van der Waals surface area contributed by atoms with Crippen molar-refractivity contribution in [2.45, 2.75) is 92.0 Å². The monoisotopic (exact) mass is 482 g/mol. The second-order valence-electron chi connectivity index (χ2n) is 11.3. The van der Waals surface area contributed by atoms with Gasteiger partial charge in [-0.2, -0.15) is 0 Å². The number of benzene rings is 1. The van der Waals surface area contributed by atoms with Crippen molar-refractivity contribution < 1.29 is 24.5 Å². The van der Waals surface area contributed by atoms with Crippen LogP contribution in [0.5, 0.6) is 0 Å². The van der Waals surface area contributed by atoms with E-state index in [1.807, 2.05) is 32.0 Å². The molecule has 35 heavy (non-hydrogen) atoms. The summed E-state index contributed by atoms with van der Waals surface area (Å²) < 4.78 is 5.99. The Bertz CT molecular complexity index is 974. The Morgan fingerprint density at radius 1 is 1.00 bits per heavy atom. The molecule has 0 fully saturated rings. The minimum Gasteiger partial charge on any atom is -0.457 e. The fourth-order valence-electron chi connectivity index (χ4n) is 5.63. The summed E-state index contributed by atoms with van der Waals surface area (Å²) in [6.07, 6.45) is 2.96. The second kappa shape index (κ2) is 11.2. The maximum atomic E-state index is 13.2. The highest BCUT2D eigenvalue weighted by Crippen LogP contribution is 2.41. The van der Waals surface area contributed by atoms with Gasteiger partial charge in [-0.15, -0.1) is 0 Å². The third kappa shape index (κ3) is 6.13. The van der Waals surface area contributed by atoms with Crippen LogP contribution in [0.1, 0.15) is 79.2 Å². The molecule has 1 aromatic rings. The Morgan fingerprint density at radius 2 is 1.66 bits per heavy atom. The van der Waals surface area contributed by atoms with Crippen LogP contribution in [0.15, 0.2) is 47.6 Å². The van der Waals surface area contributed by atoms with Crippen molar-refractivity contribution in [3.8, 4) is 0 Å². The minimum atomic E-state index is -1.20. The summed E-state index contributed by atoms with van der Waals surface area (Å²) in [5.74, 6) is -1.39. The first kappa shape index (κ1) is 27.3. The average Bonchev–Trinajstić information content (AvgIpc) is 3.11. The molecular formula is C30H42O5. The smallest absolute Gasteiger partial charge is 0.309 e. The Balaban J connectivity index is 1.94.